The van der Waals surface area contributed by atoms with E-state index in [1.54, 1.807) is 19.6 Å². The van der Waals surface area contributed by atoms with E-state index in [4.69, 9.17) is 9.72 Å². The number of rotatable bonds is 9. The van der Waals surface area contributed by atoms with Crippen molar-refractivity contribution in [1.82, 2.24) is 35.0 Å². The first-order valence-corrected chi connectivity index (χ1v) is 13.4. The SMILES string of the molecule is COCCN1CCN(c2ncc3ncnc(Nc4cc(CNc5cc(C(C)(C)C)[nH]n5)ccc4C)c3n2)CC1. The predicted molar refractivity (Wildman–Crippen MR) is 155 cm³/mol. The van der Waals surface area contributed by atoms with E-state index in [2.05, 4.69) is 97.5 Å². The third-order valence-corrected chi connectivity index (χ3v) is 7.05. The van der Waals surface area contributed by atoms with Crippen LogP contribution in [0.2, 0.25) is 0 Å². The molecule has 1 saturated heterocycles. The molecule has 4 heterocycles. The molecule has 3 N–H and O–H groups in total. The van der Waals surface area contributed by atoms with Crippen LogP contribution in [0.5, 0.6) is 0 Å². The van der Waals surface area contributed by atoms with Crippen LogP contribution < -0.4 is 15.5 Å². The maximum absolute atomic E-state index is 5.22. The van der Waals surface area contributed by atoms with Crippen LogP contribution in [0.4, 0.5) is 23.3 Å². The van der Waals surface area contributed by atoms with Crippen LogP contribution in [0.15, 0.2) is 36.8 Å². The number of methoxy groups -OCH3 is 1. The molecular weight excluding hydrogens is 492 g/mol. The molecule has 0 bridgehead atoms. The van der Waals surface area contributed by atoms with Crippen LogP contribution in [0, 0.1) is 6.92 Å². The molecule has 0 spiro atoms. The number of hydrogen-bond donors (Lipinski definition) is 3. The zero-order valence-corrected chi connectivity index (χ0v) is 23.5. The third kappa shape index (κ3) is 6.43. The molecule has 206 valence electrons. The van der Waals surface area contributed by atoms with Gasteiger partial charge >= 0.3 is 0 Å². The van der Waals surface area contributed by atoms with Gasteiger partial charge in [-0.3, -0.25) is 10.00 Å². The lowest BCUT2D eigenvalue weighted by atomic mass is 9.92. The lowest BCUT2D eigenvalue weighted by molar-refractivity contribution is 0.144. The minimum atomic E-state index is 0.0238. The molecule has 11 heteroatoms. The van der Waals surface area contributed by atoms with Gasteiger partial charge in [-0.15, -0.1) is 0 Å². The number of H-pyrrole nitrogens is 1. The number of anilines is 4. The van der Waals surface area contributed by atoms with E-state index in [-0.39, 0.29) is 5.41 Å². The van der Waals surface area contributed by atoms with Crippen LogP contribution in [0.1, 0.15) is 37.6 Å². The first kappa shape index (κ1) is 26.8. The molecule has 0 aliphatic carbocycles. The number of aromatic nitrogens is 6. The van der Waals surface area contributed by atoms with Gasteiger partial charge in [0.1, 0.15) is 23.2 Å². The van der Waals surface area contributed by atoms with Gasteiger partial charge in [-0.1, -0.05) is 32.9 Å². The summed E-state index contributed by atoms with van der Waals surface area (Å²) in [7, 11) is 1.74. The number of fused-ring (bicyclic) bond motifs is 1. The smallest absolute Gasteiger partial charge is 0.226 e. The van der Waals surface area contributed by atoms with Crippen molar-refractivity contribution in [2.24, 2.45) is 0 Å². The molecule has 0 unspecified atom stereocenters. The molecule has 0 radical (unpaired) electrons. The summed E-state index contributed by atoms with van der Waals surface area (Å²) in [6.07, 6.45) is 3.33. The van der Waals surface area contributed by atoms with Crippen LogP contribution >= 0.6 is 0 Å². The van der Waals surface area contributed by atoms with E-state index in [9.17, 15) is 0 Å². The highest BCUT2D eigenvalue weighted by molar-refractivity contribution is 5.87. The summed E-state index contributed by atoms with van der Waals surface area (Å²) in [6, 6.07) is 8.43. The van der Waals surface area contributed by atoms with Gasteiger partial charge in [0.25, 0.3) is 0 Å². The second-order valence-corrected chi connectivity index (χ2v) is 11.0. The summed E-state index contributed by atoms with van der Waals surface area (Å²) in [6.45, 7) is 14.6. The Bertz CT molecular complexity index is 1410. The fourth-order valence-electron chi connectivity index (χ4n) is 4.51. The average Bonchev–Trinajstić information content (AvgIpc) is 3.43. The number of nitrogens with one attached hydrogen (secondary N) is 3. The highest BCUT2D eigenvalue weighted by atomic mass is 16.5. The second kappa shape index (κ2) is 11.5. The first-order chi connectivity index (χ1) is 18.8. The van der Waals surface area contributed by atoms with Gasteiger partial charge < -0.3 is 20.3 Å². The molecule has 0 atom stereocenters. The van der Waals surface area contributed by atoms with E-state index < -0.39 is 0 Å². The van der Waals surface area contributed by atoms with Crippen molar-refractivity contribution in [2.45, 2.75) is 39.7 Å². The minimum Gasteiger partial charge on any atom is -0.383 e. The largest absolute Gasteiger partial charge is 0.383 e. The number of aryl methyl sites for hydroxylation is 1. The molecule has 1 aliphatic rings. The van der Waals surface area contributed by atoms with Gasteiger partial charge in [0.05, 0.1) is 12.8 Å². The second-order valence-electron chi connectivity index (χ2n) is 11.0. The number of nitrogens with zero attached hydrogens (tertiary/aromatic N) is 7. The Labute approximate surface area is 229 Å². The number of hydrogen-bond acceptors (Lipinski definition) is 10. The van der Waals surface area contributed by atoms with Gasteiger partial charge in [0, 0.05) is 69.2 Å². The maximum Gasteiger partial charge on any atom is 0.226 e. The topological polar surface area (TPSA) is 120 Å². The molecule has 1 aliphatic heterocycles. The Balaban J connectivity index is 1.31. The van der Waals surface area contributed by atoms with Crippen molar-refractivity contribution >= 4 is 34.3 Å². The fourth-order valence-corrected chi connectivity index (χ4v) is 4.51. The molecule has 1 aromatic carbocycles. The quantitative estimate of drug-likeness (QED) is 0.294. The van der Waals surface area contributed by atoms with Gasteiger partial charge in [-0.25, -0.2) is 19.9 Å². The maximum atomic E-state index is 5.22. The molecule has 4 aromatic rings. The lowest BCUT2D eigenvalue weighted by Crippen LogP contribution is -2.47. The molecule has 3 aromatic heterocycles. The Hall–Kier alpha value is -3.83. The summed E-state index contributed by atoms with van der Waals surface area (Å²) in [4.78, 5) is 23.1. The first-order valence-electron chi connectivity index (χ1n) is 13.4. The standard InChI is InChI=1S/C28H38N10O/c1-19-6-7-20(16-29-24-15-23(35-36-24)28(2,3)4)14-21(19)33-26-25-22(31-18-32-26)17-30-27(34-25)38-10-8-37(9-11-38)12-13-39-5/h6-7,14-15,17-18H,8-13,16H2,1-5H3,(H2,29,35,36)(H,31,32,33). The molecule has 0 amide bonds. The van der Waals surface area contributed by atoms with Crippen LogP contribution in [-0.4, -0.2) is 81.5 Å². The van der Waals surface area contributed by atoms with Crippen LogP contribution in [-0.2, 0) is 16.7 Å². The van der Waals surface area contributed by atoms with E-state index in [1.165, 1.54) is 0 Å². The van der Waals surface area contributed by atoms with Crippen LogP contribution in [0.25, 0.3) is 11.0 Å². The number of benzene rings is 1. The predicted octanol–water partition coefficient (Wildman–Crippen LogP) is 3.87. The Morgan fingerprint density at radius 2 is 1.87 bits per heavy atom. The fraction of sp³-hybridized carbons (Fsp3) is 0.464. The monoisotopic (exact) mass is 530 g/mol. The molecule has 39 heavy (non-hydrogen) atoms. The van der Waals surface area contributed by atoms with Crippen LogP contribution in [0.3, 0.4) is 0 Å². The van der Waals surface area contributed by atoms with Gasteiger partial charge in [-0.05, 0) is 24.1 Å². The van der Waals surface area contributed by atoms with E-state index in [0.29, 0.717) is 29.3 Å². The zero-order chi connectivity index (χ0) is 27.4. The molecular formula is C28H38N10O. The van der Waals surface area contributed by atoms with Gasteiger partial charge in [-0.2, -0.15) is 5.10 Å². The summed E-state index contributed by atoms with van der Waals surface area (Å²) >= 11 is 0. The number of aromatic amines is 1. The van der Waals surface area contributed by atoms with E-state index in [1.807, 2.05) is 0 Å². The average molecular weight is 531 g/mol. The summed E-state index contributed by atoms with van der Waals surface area (Å²) in [5.41, 5.74) is 5.75. The Morgan fingerprint density at radius 1 is 1.05 bits per heavy atom. The minimum absolute atomic E-state index is 0.0238. The van der Waals surface area contributed by atoms with Gasteiger partial charge in [0.15, 0.2) is 5.82 Å². The number of ether oxygens (including phenoxy) is 1. The number of piperazine rings is 1. The molecule has 5 rings (SSSR count). The molecule has 1 fully saturated rings. The molecule has 11 nitrogen and oxygen atoms in total. The van der Waals surface area contributed by atoms with Crippen molar-refractivity contribution in [3.05, 3.63) is 53.6 Å². The summed E-state index contributed by atoms with van der Waals surface area (Å²) < 4.78 is 5.22. The van der Waals surface area contributed by atoms with Crippen molar-refractivity contribution in [3.8, 4) is 0 Å². The van der Waals surface area contributed by atoms with Gasteiger partial charge in [0.2, 0.25) is 5.95 Å². The van der Waals surface area contributed by atoms with Crippen molar-refractivity contribution in [2.75, 3.05) is 62.0 Å². The van der Waals surface area contributed by atoms with Crippen molar-refractivity contribution in [3.63, 3.8) is 0 Å². The van der Waals surface area contributed by atoms with E-state index >= 15 is 0 Å². The third-order valence-electron chi connectivity index (χ3n) is 7.05. The van der Waals surface area contributed by atoms with Crippen molar-refractivity contribution in [1.29, 1.82) is 0 Å². The lowest BCUT2D eigenvalue weighted by Gasteiger charge is -2.34. The highest BCUT2D eigenvalue weighted by Gasteiger charge is 2.20. The zero-order valence-electron chi connectivity index (χ0n) is 23.5. The summed E-state index contributed by atoms with van der Waals surface area (Å²) in [5, 5.41) is 14.5. The summed E-state index contributed by atoms with van der Waals surface area (Å²) in [5.74, 6) is 2.20. The molecule has 0 saturated carbocycles. The Kier molecular flexibility index (Phi) is 7.89. The Morgan fingerprint density at radius 3 is 2.62 bits per heavy atom. The normalized spacial score (nSPS) is 14.6. The highest BCUT2D eigenvalue weighted by Crippen LogP contribution is 2.27. The van der Waals surface area contributed by atoms with E-state index in [0.717, 1.165) is 67.7 Å². The van der Waals surface area contributed by atoms with Crippen molar-refractivity contribution < 1.29 is 4.74 Å².